The molecule has 2 unspecified atom stereocenters. The van der Waals surface area contributed by atoms with Crippen LogP contribution in [0.1, 0.15) is 17.3 Å². The van der Waals surface area contributed by atoms with Crippen LogP contribution in [0.15, 0.2) is 170 Å². The number of hydrogen-bond acceptors (Lipinski definition) is 5. The normalized spacial score (nSPS) is 18.4. The van der Waals surface area contributed by atoms with E-state index in [0.717, 1.165) is 18.8 Å². The van der Waals surface area contributed by atoms with E-state index in [1.54, 1.807) is 0 Å². The summed E-state index contributed by atoms with van der Waals surface area (Å²) in [5.74, 6) is 0. The summed E-state index contributed by atoms with van der Waals surface area (Å²) in [6.45, 7) is 1.66. The van der Waals surface area contributed by atoms with Gasteiger partial charge in [-0.25, -0.2) is 0 Å². The summed E-state index contributed by atoms with van der Waals surface area (Å²) in [5, 5.41) is 18.3. The fourth-order valence-electron chi connectivity index (χ4n) is 7.94. The van der Waals surface area contributed by atoms with Crippen LogP contribution in [0.2, 0.25) is 0 Å². The van der Waals surface area contributed by atoms with E-state index in [4.69, 9.17) is 0 Å². The molecule has 5 aromatic carbocycles. The highest BCUT2D eigenvalue weighted by molar-refractivity contribution is 7.24. The van der Waals surface area contributed by atoms with Crippen LogP contribution in [0.4, 0.5) is 0 Å². The molecule has 4 N–H and O–H groups in total. The maximum absolute atomic E-state index is 4.00. The molecule has 3 aliphatic rings. The highest BCUT2D eigenvalue weighted by atomic mass is 32.1. The van der Waals surface area contributed by atoms with Gasteiger partial charge in [0.05, 0.1) is 11.0 Å². The average molecular weight is 692 g/mol. The van der Waals surface area contributed by atoms with Crippen LogP contribution >= 0.6 is 11.3 Å². The summed E-state index contributed by atoms with van der Waals surface area (Å²) in [5.41, 5.74) is 12.2. The van der Waals surface area contributed by atoms with E-state index in [-0.39, 0.29) is 12.3 Å². The second kappa shape index (κ2) is 12.9. The number of fused-ring (bicyclic) bond motifs is 5. The quantitative estimate of drug-likeness (QED) is 0.140. The van der Waals surface area contributed by atoms with Crippen molar-refractivity contribution in [1.29, 1.82) is 0 Å². The molecule has 2 atom stereocenters. The van der Waals surface area contributed by atoms with Gasteiger partial charge in [0.2, 0.25) is 0 Å². The number of para-hydroxylation sites is 1. The summed E-state index contributed by atoms with van der Waals surface area (Å²) in [6.07, 6.45) is 15.1. The zero-order chi connectivity index (χ0) is 34.4. The number of nitrogens with one attached hydrogen (secondary N) is 4. The lowest BCUT2D eigenvalue weighted by Crippen LogP contribution is -2.49. The van der Waals surface area contributed by atoms with Gasteiger partial charge >= 0.3 is 0 Å². The van der Waals surface area contributed by atoms with E-state index in [2.05, 4.69) is 178 Å². The number of benzene rings is 5. The Morgan fingerprint density at radius 3 is 2.06 bits per heavy atom. The number of rotatable bonds is 6. The summed E-state index contributed by atoms with van der Waals surface area (Å²) >= 11 is 1.91. The van der Waals surface area contributed by atoms with Gasteiger partial charge in [0.1, 0.15) is 12.3 Å². The van der Waals surface area contributed by atoms with E-state index in [1.165, 1.54) is 75.7 Å². The van der Waals surface area contributed by atoms with Gasteiger partial charge in [0, 0.05) is 50.1 Å². The third-order valence-corrected chi connectivity index (χ3v) is 11.7. The zero-order valence-corrected chi connectivity index (χ0v) is 29.3. The van der Waals surface area contributed by atoms with Crippen molar-refractivity contribution in [3.63, 3.8) is 0 Å². The molecule has 0 spiro atoms. The predicted octanol–water partition coefficient (Wildman–Crippen LogP) is 9.95. The third-order valence-electron chi connectivity index (χ3n) is 10.4. The van der Waals surface area contributed by atoms with Gasteiger partial charge in [-0.05, 0) is 76.2 Å². The summed E-state index contributed by atoms with van der Waals surface area (Å²) in [6, 6.07) is 44.3. The minimum atomic E-state index is -0.109. The molecule has 6 heteroatoms. The van der Waals surface area contributed by atoms with Crippen molar-refractivity contribution in [2.75, 3.05) is 13.1 Å². The van der Waals surface area contributed by atoms with E-state index in [0.29, 0.717) is 0 Å². The molecule has 3 aliphatic heterocycles. The predicted molar refractivity (Wildman–Crippen MR) is 220 cm³/mol. The highest BCUT2D eigenvalue weighted by Crippen LogP contribution is 2.49. The Morgan fingerprint density at radius 2 is 1.31 bits per heavy atom. The van der Waals surface area contributed by atoms with Gasteiger partial charge in [-0.3, -0.25) is 5.32 Å². The number of thiophene rings is 1. The van der Waals surface area contributed by atoms with Gasteiger partial charge in [0.15, 0.2) is 0 Å². The van der Waals surface area contributed by atoms with Crippen molar-refractivity contribution >= 4 is 54.5 Å². The topological polar surface area (TPSA) is 53.1 Å². The molecule has 5 nitrogen and oxygen atoms in total. The molecular weight excluding hydrogens is 655 g/mol. The zero-order valence-electron chi connectivity index (χ0n) is 28.5. The van der Waals surface area contributed by atoms with Gasteiger partial charge in [-0.2, -0.15) is 0 Å². The van der Waals surface area contributed by atoms with Crippen LogP contribution < -0.4 is 21.3 Å². The average Bonchev–Trinajstić information content (AvgIpc) is 3.79. The molecule has 52 heavy (non-hydrogen) atoms. The van der Waals surface area contributed by atoms with Crippen molar-refractivity contribution in [2.45, 2.75) is 12.3 Å². The largest absolute Gasteiger partial charge is 0.387 e. The molecule has 0 fully saturated rings. The molecular formula is C46H37N5S. The molecule has 252 valence electrons. The fourth-order valence-corrected chi connectivity index (χ4v) is 9.33. The summed E-state index contributed by atoms with van der Waals surface area (Å²) in [7, 11) is 0. The monoisotopic (exact) mass is 691 g/mol. The molecule has 0 saturated heterocycles. The second-order valence-electron chi connectivity index (χ2n) is 13.5. The van der Waals surface area contributed by atoms with Gasteiger partial charge in [-0.1, -0.05) is 121 Å². The van der Waals surface area contributed by atoms with Crippen molar-refractivity contribution in [2.24, 2.45) is 0 Å². The first-order valence-corrected chi connectivity index (χ1v) is 18.8. The lowest BCUT2D eigenvalue weighted by atomic mass is 9.98. The fraction of sp³-hybridized carbons (Fsp3) is 0.0870. The molecule has 0 amide bonds. The van der Waals surface area contributed by atoms with Crippen LogP contribution in [0.3, 0.4) is 0 Å². The Balaban J connectivity index is 1.17. The van der Waals surface area contributed by atoms with Crippen LogP contribution in [-0.4, -0.2) is 23.8 Å². The third kappa shape index (κ3) is 5.27. The lowest BCUT2D eigenvalue weighted by molar-refractivity contribution is 0.411. The minimum Gasteiger partial charge on any atom is -0.387 e. The number of aromatic nitrogens is 1. The van der Waals surface area contributed by atoms with E-state index in [1.807, 2.05) is 23.7 Å². The molecule has 0 saturated carbocycles. The number of nitrogens with zero attached hydrogens (tertiary/aromatic N) is 1. The van der Waals surface area contributed by atoms with Crippen LogP contribution in [0.5, 0.6) is 0 Å². The Hall–Kier alpha value is -6.08. The van der Waals surface area contributed by atoms with Crippen LogP contribution in [0, 0.1) is 0 Å². The molecule has 0 bridgehead atoms. The van der Waals surface area contributed by atoms with Crippen molar-refractivity contribution in [3.05, 3.63) is 181 Å². The van der Waals surface area contributed by atoms with E-state index < -0.39 is 0 Å². The first-order chi connectivity index (χ1) is 25.8. The smallest absolute Gasteiger partial charge is 0.108 e. The minimum absolute atomic E-state index is 0.0749. The number of allylic oxidation sites excluding steroid dienone is 2. The molecule has 10 rings (SSSR count). The SMILES string of the molecule is C1=CC(c2ccc(C3=CC(n4c5ccccc5c5c6sc(-c7ccccc7)c(-c7ccccc7)c6ccc54)NC(C4=CCNC=C4)N3)cc2)=CCN1. The Morgan fingerprint density at radius 1 is 0.596 bits per heavy atom. The molecule has 5 heterocycles. The second-order valence-corrected chi connectivity index (χ2v) is 14.5. The van der Waals surface area contributed by atoms with Gasteiger partial charge < -0.3 is 20.5 Å². The number of hydrogen-bond donors (Lipinski definition) is 4. The van der Waals surface area contributed by atoms with Gasteiger partial charge in [0.25, 0.3) is 0 Å². The molecule has 0 aliphatic carbocycles. The van der Waals surface area contributed by atoms with E-state index in [9.17, 15) is 0 Å². The standard InChI is InChI=1S/C46H37N5S/c1-3-9-33(10-4-1)42-37-19-20-40-43(45(37)52-44(42)34-11-5-2-6-12-34)36-13-7-8-14-39(36)51(40)41-29-38(49-46(50-41)35-23-27-48-28-24-35)32-17-15-30(16-18-32)31-21-25-47-26-22-31/h1-25,27,29,41,46-50H,26,28H2. The van der Waals surface area contributed by atoms with Crippen molar-refractivity contribution in [1.82, 2.24) is 25.8 Å². The maximum Gasteiger partial charge on any atom is 0.108 e. The molecule has 0 radical (unpaired) electrons. The molecule has 7 aromatic rings. The van der Waals surface area contributed by atoms with Crippen LogP contribution in [-0.2, 0) is 0 Å². The Labute approximate surface area is 307 Å². The Kier molecular flexibility index (Phi) is 7.63. The lowest BCUT2D eigenvalue weighted by Gasteiger charge is -2.35. The van der Waals surface area contributed by atoms with E-state index >= 15 is 0 Å². The first-order valence-electron chi connectivity index (χ1n) is 17.9. The van der Waals surface area contributed by atoms with Crippen molar-refractivity contribution in [3.8, 4) is 21.6 Å². The first kappa shape index (κ1) is 30.7. The maximum atomic E-state index is 4.00. The highest BCUT2D eigenvalue weighted by Gasteiger charge is 2.29. The number of dihydropyridines is 2. The van der Waals surface area contributed by atoms with Crippen molar-refractivity contribution < 1.29 is 0 Å². The summed E-state index contributed by atoms with van der Waals surface area (Å²) < 4.78 is 3.83. The Bertz CT molecular complexity index is 2620. The van der Waals surface area contributed by atoms with Crippen LogP contribution in [0.25, 0.3) is 64.7 Å². The summed E-state index contributed by atoms with van der Waals surface area (Å²) in [4.78, 5) is 1.30. The molecule has 2 aromatic heterocycles. The van der Waals surface area contributed by atoms with Gasteiger partial charge in [-0.15, -0.1) is 11.3 Å².